The number of benzene rings is 2. The second kappa shape index (κ2) is 17.4. The molecule has 1 fully saturated rings. The summed E-state index contributed by atoms with van der Waals surface area (Å²) < 4.78 is 39.2. The zero-order valence-corrected chi connectivity index (χ0v) is 24.0. The average molecular weight is 562 g/mol. The molecule has 39 heavy (non-hydrogen) atoms. The van der Waals surface area contributed by atoms with E-state index in [0.29, 0.717) is 22.9 Å². The Kier molecular flexibility index (Phi) is 15.0. The number of carbonyl (C=O) groups is 1. The summed E-state index contributed by atoms with van der Waals surface area (Å²) in [7, 11) is 1.56. The van der Waals surface area contributed by atoms with Crippen molar-refractivity contribution in [1.82, 2.24) is 0 Å². The normalized spacial score (nSPS) is 14.5. The molecule has 0 aliphatic heterocycles. The molecule has 212 valence electrons. The number of aryl methyl sites for hydroxylation is 1. The lowest BCUT2D eigenvalue weighted by atomic mass is 9.86. The lowest BCUT2D eigenvalue weighted by Crippen LogP contribution is -2.20. The van der Waals surface area contributed by atoms with Gasteiger partial charge in [-0.15, -0.1) is 11.8 Å². The molecule has 2 aromatic carbocycles. The van der Waals surface area contributed by atoms with E-state index in [1.165, 1.54) is 24.0 Å². The molecule has 1 saturated carbocycles. The summed E-state index contributed by atoms with van der Waals surface area (Å²) in [6.45, 7) is 9.38. The maximum atomic E-state index is 13.1. The van der Waals surface area contributed by atoms with E-state index in [-0.39, 0.29) is 11.5 Å². The molecule has 1 aliphatic carbocycles. The monoisotopic (exact) mass is 561 g/mol. The topological polar surface area (TPSA) is 58.9 Å². The highest BCUT2D eigenvalue weighted by atomic mass is 32.2. The second-order valence-corrected chi connectivity index (χ2v) is 9.60. The molecule has 0 unspecified atom stereocenters. The van der Waals surface area contributed by atoms with E-state index in [0.717, 1.165) is 37.0 Å². The number of rotatable bonds is 8. The van der Waals surface area contributed by atoms with Crippen LogP contribution in [-0.4, -0.2) is 36.3 Å². The van der Waals surface area contributed by atoms with Crippen molar-refractivity contribution in [2.75, 3.05) is 13.4 Å². The number of oxime groups is 1. The molecule has 0 atom stereocenters. The Morgan fingerprint density at radius 1 is 1.10 bits per heavy atom. The van der Waals surface area contributed by atoms with Crippen LogP contribution >= 0.6 is 11.8 Å². The highest BCUT2D eigenvalue weighted by Gasteiger charge is 2.35. The number of carboxylic acid groups (broad SMARTS) is 1. The molecule has 0 saturated heterocycles. The third kappa shape index (κ3) is 12.0. The van der Waals surface area contributed by atoms with Crippen molar-refractivity contribution in [2.45, 2.75) is 52.6 Å². The number of allylic oxidation sites excluding steroid dienone is 5. The van der Waals surface area contributed by atoms with Crippen LogP contribution in [-0.2, 0) is 16.1 Å². The van der Waals surface area contributed by atoms with Gasteiger partial charge in [0.15, 0.2) is 0 Å². The Labute approximate surface area is 234 Å². The third-order valence-electron chi connectivity index (χ3n) is 5.95. The zero-order valence-electron chi connectivity index (χ0n) is 23.2. The summed E-state index contributed by atoms with van der Waals surface area (Å²) in [5.41, 5.74) is 4.77. The van der Waals surface area contributed by atoms with E-state index in [1.807, 2.05) is 6.92 Å². The molecule has 0 amide bonds. The third-order valence-corrected chi connectivity index (χ3v) is 6.81. The van der Waals surface area contributed by atoms with Crippen LogP contribution in [0.1, 0.15) is 56.7 Å². The lowest BCUT2D eigenvalue weighted by Gasteiger charge is -2.19. The molecule has 4 nitrogen and oxygen atoms in total. The molecule has 0 spiro atoms. The van der Waals surface area contributed by atoms with Crippen molar-refractivity contribution >= 4 is 29.0 Å². The molecular weight excluding hydrogens is 523 g/mol. The zero-order chi connectivity index (χ0) is 29.4. The predicted octanol–water partition coefficient (Wildman–Crippen LogP) is 8.95. The second-order valence-electron chi connectivity index (χ2n) is 8.78. The van der Waals surface area contributed by atoms with Crippen LogP contribution in [0.5, 0.6) is 0 Å². The van der Waals surface area contributed by atoms with E-state index in [2.05, 4.69) is 42.9 Å². The van der Waals surface area contributed by atoms with Crippen LogP contribution < -0.4 is 0 Å². The van der Waals surface area contributed by atoms with Crippen molar-refractivity contribution < 1.29 is 27.9 Å². The molecular formula is C31H38F3NO3S. The minimum absolute atomic E-state index is 0.000000000000000444. The fraction of sp³-hybridized carbons (Fsp3) is 0.355. The summed E-state index contributed by atoms with van der Waals surface area (Å²) in [4.78, 5) is 14.1. The van der Waals surface area contributed by atoms with E-state index >= 15 is 0 Å². The van der Waals surface area contributed by atoms with Crippen LogP contribution in [0.3, 0.4) is 0 Å². The maximum Gasteiger partial charge on any atom is 0.422 e. The first kappa shape index (κ1) is 33.8. The molecule has 2 aromatic rings. The number of alkyl halides is 3. The van der Waals surface area contributed by atoms with Gasteiger partial charge in [0.25, 0.3) is 0 Å². The number of halogens is 3. The fourth-order valence-electron chi connectivity index (χ4n) is 3.39. The standard InChI is InChI=1S/C15H15F3S.C11H15NO.C5H8O2/c1-4-11(2)10-13(12-8-6-5-7-9-12)14(19-3)15(16,17)18;1-4-10-5-7-11(8-6-10)9(2)12-13-3;6-5(7)4-2-1-3-4/h4-10H,1H2,2-3H3;5-8H,4H2,1-3H3;4H,1-3H2,(H,6,7)/b11-10+,14-13+;12-9+;. The van der Waals surface area contributed by atoms with E-state index in [1.54, 1.807) is 44.4 Å². The van der Waals surface area contributed by atoms with Crippen LogP contribution in [0.25, 0.3) is 5.57 Å². The molecule has 3 rings (SSSR count). The van der Waals surface area contributed by atoms with Crippen LogP contribution in [0.4, 0.5) is 13.2 Å². The summed E-state index contributed by atoms with van der Waals surface area (Å²) in [6, 6.07) is 16.9. The Hall–Kier alpha value is -3.26. The number of carboxylic acids is 1. The highest BCUT2D eigenvalue weighted by Crippen LogP contribution is 2.39. The van der Waals surface area contributed by atoms with Crippen LogP contribution in [0, 0.1) is 5.92 Å². The Morgan fingerprint density at radius 3 is 2.05 bits per heavy atom. The minimum atomic E-state index is -4.36. The van der Waals surface area contributed by atoms with Crippen molar-refractivity contribution in [3.63, 3.8) is 0 Å². The van der Waals surface area contributed by atoms with Gasteiger partial charge in [0, 0.05) is 5.57 Å². The summed E-state index contributed by atoms with van der Waals surface area (Å²) >= 11 is 0.708. The van der Waals surface area contributed by atoms with Gasteiger partial charge in [-0.2, -0.15) is 13.2 Å². The summed E-state index contributed by atoms with van der Waals surface area (Å²) in [6.07, 6.45) is 4.10. The van der Waals surface area contributed by atoms with Crippen molar-refractivity contribution in [2.24, 2.45) is 11.1 Å². The predicted molar refractivity (Wildman–Crippen MR) is 157 cm³/mol. The van der Waals surface area contributed by atoms with Crippen LogP contribution in [0.2, 0.25) is 0 Å². The lowest BCUT2D eigenvalue weighted by molar-refractivity contribution is -0.144. The number of hydrogen-bond donors (Lipinski definition) is 1. The van der Waals surface area contributed by atoms with Gasteiger partial charge in [0.2, 0.25) is 0 Å². The number of aliphatic carboxylic acids is 1. The first-order chi connectivity index (χ1) is 18.5. The van der Waals surface area contributed by atoms with Gasteiger partial charge < -0.3 is 9.94 Å². The first-order valence-electron chi connectivity index (χ1n) is 12.6. The summed E-state index contributed by atoms with van der Waals surface area (Å²) in [5, 5.41) is 12.1. The van der Waals surface area contributed by atoms with Crippen molar-refractivity contribution in [1.29, 1.82) is 0 Å². The number of nitrogens with zero attached hydrogens (tertiary/aromatic N) is 1. The molecule has 0 heterocycles. The van der Waals surface area contributed by atoms with E-state index < -0.39 is 17.1 Å². The largest absolute Gasteiger partial charge is 0.481 e. The van der Waals surface area contributed by atoms with Crippen molar-refractivity contribution in [3.8, 4) is 0 Å². The average Bonchev–Trinajstić information content (AvgIpc) is 2.87. The fourth-order valence-corrected chi connectivity index (χ4v) is 4.02. The maximum absolute atomic E-state index is 13.1. The number of hydrogen-bond acceptors (Lipinski definition) is 4. The van der Waals surface area contributed by atoms with Crippen molar-refractivity contribution in [3.05, 3.63) is 100 Å². The Bertz CT molecular complexity index is 1130. The van der Waals surface area contributed by atoms with Gasteiger partial charge in [0.1, 0.15) is 7.11 Å². The van der Waals surface area contributed by atoms with Gasteiger partial charge >= 0.3 is 12.1 Å². The molecule has 1 N–H and O–H groups in total. The van der Waals surface area contributed by atoms with Gasteiger partial charge in [-0.1, -0.05) is 97.4 Å². The molecule has 0 radical (unpaired) electrons. The summed E-state index contributed by atoms with van der Waals surface area (Å²) in [5.74, 6) is -0.619. The molecule has 0 aromatic heterocycles. The van der Waals surface area contributed by atoms with Gasteiger partial charge in [-0.05, 0) is 56.1 Å². The van der Waals surface area contributed by atoms with Gasteiger partial charge in [-0.25, -0.2) is 0 Å². The van der Waals surface area contributed by atoms with Gasteiger partial charge in [-0.3, -0.25) is 4.79 Å². The van der Waals surface area contributed by atoms with E-state index in [4.69, 9.17) is 9.94 Å². The Morgan fingerprint density at radius 2 is 1.69 bits per heavy atom. The number of thioether (sulfide) groups is 1. The van der Waals surface area contributed by atoms with Gasteiger partial charge in [0.05, 0.1) is 16.5 Å². The molecule has 0 bridgehead atoms. The quantitative estimate of drug-likeness (QED) is 0.199. The Balaban J connectivity index is 0.000000325. The first-order valence-corrected chi connectivity index (χ1v) is 13.8. The minimum Gasteiger partial charge on any atom is -0.481 e. The smallest absolute Gasteiger partial charge is 0.422 e. The molecule has 8 heteroatoms. The van der Waals surface area contributed by atoms with E-state index in [9.17, 15) is 18.0 Å². The molecule has 1 aliphatic rings. The highest BCUT2D eigenvalue weighted by molar-refractivity contribution is 8.02. The SMILES string of the molecule is C=C/C(C)=C/C(=C(\SC)C(F)(F)F)c1ccccc1.CCc1ccc(/C(C)=N/OC)cc1.O=C(O)C1CCC1. The van der Waals surface area contributed by atoms with Crippen LogP contribution in [0.15, 0.2) is 89.0 Å².